The number of benzene rings is 3. The summed E-state index contributed by atoms with van der Waals surface area (Å²) in [4.78, 5) is 4.73. The minimum absolute atomic E-state index is 0.128. The molecule has 3 heterocycles. The molecule has 6 rings (SSSR count). The first-order chi connectivity index (χ1) is 15.5. The first kappa shape index (κ1) is 18.9. The normalized spacial score (nSPS) is 12.2. The van der Waals surface area contributed by atoms with Gasteiger partial charge >= 0.3 is 0 Å². The van der Waals surface area contributed by atoms with Crippen molar-refractivity contribution in [2.75, 3.05) is 0 Å². The van der Waals surface area contributed by atoms with Crippen LogP contribution in [0.5, 0.6) is 0 Å². The molecule has 0 bridgehead atoms. The molecule has 0 radical (unpaired) electrons. The third-order valence-electron chi connectivity index (χ3n) is 6.12. The third-order valence-corrected chi connectivity index (χ3v) is 6.12. The van der Waals surface area contributed by atoms with E-state index in [1.165, 1.54) is 5.56 Å². The van der Waals surface area contributed by atoms with Crippen molar-refractivity contribution < 1.29 is 8.83 Å². The fourth-order valence-corrected chi connectivity index (χ4v) is 4.31. The third kappa shape index (κ3) is 3.01. The van der Waals surface area contributed by atoms with Gasteiger partial charge in [-0.05, 0) is 29.2 Å². The second kappa shape index (κ2) is 6.83. The van der Waals surface area contributed by atoms with Crippen LogP contribution < -0.4 is 0 Å². The number of para-hydroxylation sites is 2. The largest absolute Gasteiger partial charge is 0.456 e. The van der Waals surface area contributed by atoms with Gasteiger partial charge in [-0.3, -0.25) is 4.98 Å². The van der Waals surface area contributed by atoms with Gasteiger partial charge in [-0.15, -0.1) is 0 Å². The molecule has 3 heteroatoms. The summed E-state index contributed by atoms with van der Waals surface area (Å²) in [5.41, 5.74) is 6.86. The van der Waals surface area contributed by atoms with Crippen LogP contribution in [-0.2, 0) is 5.41 Å². The van der Waals surface area contributed by atoms with Crippen molar-refractivity contribution in [1.82, 2.24) is 4.98 Å². The minimum atomic E-state index is 0.128. The molecule has 0 saturated heterocycles. The highest BCUT2D eigenvalue weighted by Gasteiger charge is 2.16. The van der Waals surface area contributed by atoms with E-state index in [0.717, 1.165) is 55.5 Å². The van der Waals surface area contributed by atoms with Crippen molar-refractivity contribution in [1.29, 1.82) is 0 Å². The van der Waals surface area contributed by atoms with Crippen molar-refractivity contribution in [3.63, 3.8) is 0 Å². The number of rotatable bonds is 2. The van der Waals surface area contributed by atoms with Crippen LogP contribution in [0.2, 0.25) is 0 Å². The van der Waals surface area contributed by atoms with Gasteiger partial charge in [-0.2, -0.15) is 0 Å². The van der Waals surface area contributed by atoms with E-state index in [4.69, 9.17) is 13.8 Å². The maximum Gasteiger partial charge on any atom is 0.144 e. The lowest BCUT2D eigenvalue weighted by atomic mass is 9.86. The Hall–Kier alpha value is -3.85. The second-order valence-electron chi connectivity index (χ2n) is 9.33. The Kier molecular flexibility index (Phi) is 4.03. The topological polar surface area (TPSA) is 39.2 Å². The Morgan fingerprint density at radius 1 is 0.719 bits per heavy atom. The van der Waals surface area contributed by atoms with Gasteiger partial charge in [-0.1, -0.05) is 75.4 Å². The lowest BCUT2D eigenvalue weighted by Gasteiger charge is -2.18. The smallest absolute Gasteiger partial charge is 0.144 e. The van der Waals surface area contributed by atoms with E-state index in [2.05, 4.69) is 69.3 Å². The maximum absolute atomic E-state index is 6.24. The molecule has 0 amide bonds. The number of fused-ring (bicyclic) bond motifs is 4. The second-order valence-corrected chi connectivity index (χ2v) is 9.33. The van der Waals surface area contributed by atoms with E-state index in [-0.39, 0.29) is 5.41 Å². The van der Waals surface area contributed by atoms with Crippen LogP contribution in [0, 0.1) is 0 Å². The Morgan fingerprint density at radius 3 is 2.31 bits per heavy atom. The molecule has 3 aromatic heterocycles. The summed E-state index contributed by atoms with van der Waals surface area (Å²) in [5, 5.41) is 3.20. The molecule has 0 atom stereocenters. The highest BCUT2D eigenvalue weighted by molar-refractivity contribution is 6.09. The van der Waals surface area contributed by atoms with Crippen LogP contribution in [0.4, 0.5) is 0 Å². The first-order valence-corrected chi connectivity index (χ1v) is 10.9. The van der Waals surface area contributed by atoms with Crippen molar-refractivity contribution in [2.45, 2.75) is 26.2 Å². The summed E-state index contributed by atoms with van der Waals surface area (Å²) >= 11 is 0. The number of nitrogens with zero attached hydrogens (tertiary/aromatic N) is 1. The molecule has 0 N–H and O–H groups in total. The Labute approximate surface area is 186 Å². The average molecular weight is 418 g/mol. The molecule has 156 valence electrons. The molecular weight excluding hydrogens is 394 g/mol. The van der Waals surface area contributed by atoms with E-state index in [1.54, 1.807) is 0 Å². The van der Waals surface area contributed by atoms with Gasteiger partial charge < -0.3 is 8.83 Å². The van der Waals surface area contributed by atoms with E-state index < -0.39 is 0 Å². The number of aromatic nitrogens is 1. The molecule has 0 aliphatic carbocycles. The standard InChI is InChI=1S/C29H23NO2/c1-29(2,3)20-13-11-18(12-14-20)26-15-19-17-30-24(16-27(19)31-26)23-9-6-8-22-21-7-4-5-10-25(21)32-28(22)23/h4-17H,1-3H3. The van der Waals surface area contributed by atoms with E-state index >= 15 is 0 Å². The molecule has 0 spiro atoms. The zero-order chi connectivity index (χ0) is 21.9. The monoisotopic (exact) mass is 417 g/mol. The number of hydrogen-bond acceptors (Lipinski definition) is 3. The van der Waals surface area contributed by atoms with Crippen LogP contribution >= 0.6 is 0 Å². The van der Waals surface area contributed by atoms with Crippen molar-refractivity contribution in [3.8, 4) is 22.6 Å². The Morgan fingerprint density at radius 2 is 1.50 bits per heavy atom. The fourth-order valence-electron chi connectivity index (χ4n) is 4.31. The van der Waals surface area contributed by atoms with Gasteiger partial charge in [0.2, 0.25) is 0 Å². The van der Waals surface area contributed by atoms with Crippen LogP contribution in [0.15, 0.2) is 93.9 Å². The Bertz CT molecular complexity index is 1590. The molecular formula is C29H23NO2. The minimum Gasteiger partial charge on any atom is -0.456 e. The van der Waals surface area contributed by atoms with Gasteiger partial charge in [0.05, 0.1) is 5.69 Å². The summed E-state index contributed by atoms with van der Waals surface area (Å²) in [6.07, 6.45) is 1.88. The number of pyridine rings is 1. The van der Waals surface area contributed by atoms with Gasteiger partial charge in [0.25, 0.3) is 0 Å². The summed E-state index contributed by atoms with van der Waals surface area (Å²) in [6, 6.07) is 27.0. The van der Waals surface area contributed by atoms with Crippen LogP contribution in [0.3, 0.4) is 0 Å². The summed E-state index contributed by atoms with van der Waals surface area (Å²) in [5.74, 6) is 0.848. The molecule has 6 aromatic rings. The van der Waals surface area contributed by atoms with Crippen molar-refractivity contribution in [2.24, 2.45) is 0 Å². The first-order valence-electron chi connectivity index (χ1n) is 10.9. The van der Waals surface area contributed by atoms with Crippen molar-refractivity contribution >= 4 is 32.9 Å². The zero-order valence-electron chi connectivity index (χ0n) is 18.3. The molecule has 3 nitrogen and oxygen atoms in total. The average Bonchev–Trinajstić information content (AvgIpc) is 3.39. The molecule has 32 heavy (non-hydrogen) atoms. The van der Waals surface area contributed by atoms with Gasteiger partial charge in [-0.25, -0.2) is 0 Å². The SMILES string of the molecule is CC(C)(C)c1ccc(-c2cc3cnc(-c4cccc5c4oc4ccccc45)cc3o2)cc1. The summed E-state index contributed by atoms with van der Waals surface area (Å²) < 4.78 is 12.4. The number of hydrogen-bond donors (Lipinski definition) is 0. The molecule has 0 saturated carbocycles. The summed E-state index contributed by atoms with van der Waals surface area (Å²) in [7, 11) is 0. The van der Waals surface area contributed by atoms with E-state index in [9.17, 15) is 0 Å². The van der Waals surface area contributed by atoms with Crippen LogP contribution in [0.25, 0.3) is 55.5 Å². The highest BCUT2D eigenvalue weighted by atomic mass is 16.3. The fraction of sp³-hybridized carbons (Fsp3) is 0.138. The quantitative estimate of drug-likeness (QED) is 0.284. The maximum atomic E-state index is 6.24. The van der Waals surface area contributed by atoms with E-state index in [0.29, 0.717) is 0 Å². The predicted molar refractivity (Wildman–Crippen MR) is 131 cm³/mol. The molecule has 0 fully saturated rings. The van der Waals surface area contributed by atoms with Crippen LogP contribution in [-0.4, -0.2) is 4.98 Å². The predicted octanol–water partition coefficient (Wildman–Crippen LogP) is 8.36. The molecule has 3 aromatic carbocycles. The zero-order valence-corrected chi connectivity index (χ0v) is 18.3. The molecule has 0 unspecified atom stereocenters. The van der Waals surface area contributed by atoms with Gasteiger partial charge in [0.15, 0.2) is 0 Å². The lowest BCUT2D eigenvalue weighted by molar-refractivity contribution is 0.590. The number of furan rings is 2. The molecule has 0 aliphatic heterocycles. The van der Waals surface area contributed by atoms with Gasteiger partial charge in [0.1, 0.15) is 22.5 Å². The molecule has 0 aliphatic rings. The van der Waals surface area contributed by atoms with E-state index in [1.807, 2.05) is 36.5 Å². The van der Waals surface area contributed by atoms with Crippen LogP contribution in [0.1, 0.15) is 26.3 Å². The Balaban J connectivity index is 1.44. The highest BCUT2D eigenvalue weighted by Crippen LogP contribution is 2.37. The summed E-state index contributed by atoms with van der Waals surface area (Å²) in [6.45, 7) is 6.66. The van der Waals surface area contributed by atoms with Crippen molar-refractivity contribution in [3.05, 3.63) is 90.6 Å². The van der Waals surface area contributed by atoms with Gasteiger partial charge in [0, 0.05) is 39.5 Å². The lowest BCUT2D eigenvalue weighted by Crippen LogP contribution is -2.10.